The van der Waals surface area contributed by atoms with Gasteiger partial charge in [-0.1, -0.05) is 23.7 Å². The van der Waals surface area contributed by atoms with E-state index in [1.54, 1.807) is 54.6 Å². The number of anilines is 2. The normalized spacial score (nSPS) is 9.74. The quantitative estimate of drug-likeness (QED) is 0.883. The maximum atomic E-state index is 12.0. The van der Waals surface area contributed by atoms with Gasteiger partial charge in [0, 0.05) is 16.4 Å². The molecule has 0 heterocycles. The molecule has 23 heavy (non-hydrogen) atoms. The van der Waals surface area contributed by atoms with Gasteiger partial charge in [0.1, 0.15) is 6.42 Å². The van der Waals surface area contributed by atoms with Gasteiger partial charge in [0.15, 0.2) is 0 Å². The number of nitrogens with one attached hydrogen (secondary N) is 2. The molecule has 6 heteroatoms. The molecule has 0 aromatic heterocycles. The third-order valence-electron chi connectivity index (χ3n) is 2.97. The zero-order valence-electron chi connectivity index (χ0n) is 12.2. The van der Waals surface area contributed by atoms with Crippen LogP contribution in [0.15, 0.2) is 48.5 Å². The van der Waals surface area contributed by atoms with E-state index in [-0.39, 0.29) is 24.7 Å². The maximum Gasteiger partial charge on any atom is 0.238 e. The molecule has 0 saturated heterocycles. The fraction of sp³-hybridized carbons (Fsp3) is 0.118. The zero-order valence-corrected chi connectivity index (χ0v) is 12.9. The van der Waals surface area contributed by atoms with Gasteiger partial charge in [-0.2, -0.15) is 5.26 Å². The fourth-order valence-electron chi connectivity index (χ4n) is 1.91. The molecule has 0 aliphatic rings. The number of rotatable bonds is 5. The van der Waals surface area contributed by atoms with Crippen LogP contribution in [0.4, 0.5) is 11.4 Å². The van der Waals surface area contributed by atoms with Gasteiger partial charge in [-0.05, 0) is 42.0 Å². The number of amides is 2. The molecule has 2 amide bonds. The van der Waals surface area contributed by atoms with Crippen molar-refractivity contribution in [3.63, 3.8) is 0 Å². The molecule has 2 aromatic rings. The maximum absolute atomic E-state index is 12.0. The molecule has 0 bridgehead atoms. The van der Waals surface area contributed by atoms with Gasteiger partial charge in [-0.25, -0.2) is 0 Å². The van der Waals surface area contributed by atoms with Crippen LogP contribution in [0, 0.1) is 11.3 Å². The number of hydrogen-bond donors (Lipinski definition) is 2. The van der Waals surface area contributed by atoms with Crippen molar-refractivity contribution < 1.29 is 9.59 Å². The summed E-state index contributed by atoms with van der Waals surface area (Å²) in [5, 5.41) is 14.4. The van der Waals surface area contributed by atoms with Crippen LogP contribution in [0.3, 0.4) is 0 Å². The van der Waals surface area contributed by atoms with Crippen molar-refractivity contribution in [2.75, 3.05) is 10.6 Å². The third-order valence-corrected chi connectivity index (χ3v) is 3.22. The summed E-state index contributed by atoms with van der Waals surface area (Å²) >= 11 is 5.80. The molecule has 0 unspecified atom stereocenters. The van der Waals surface area contributed by atoms with Crippen molar-refractivity contribution in [2.24, 2.45) is 0 Å². The SMILES string of the molecule is N#CCC(=O)Nc1ccc(NC(=O)Cc2ccc(Cl)cc2)cc1. The number of hydrogen-bond acceptors (Lipinski definition) is 3. The van der Waals surface area contributed by atoms with E-state index < -0.39 is 0 Å². The number of nitrogens with zero attached hydrogens (tertiary/aromatic N) is 1. The molecule has 2 rings (SSSR count). The molecule has 2 aromatic carbocycles. The third kappa shape index (κ3) is 5.46. The Kier molecular flexibility index (Phi) is 5.73. The van der Waals surface area contributed by atoms with E-state index >= 15 is 0 Å². The molecule has 5 nitrogen and oxygen atoms in total. The Hall–Kier alpha value is -2.84. The Morgan fingerprint density at radius 3 is 1.96 bits per heavy atom. The van der Waals surface area contributed by atoms with Gasteiger partial charge in [0.25, 0.3) is 0 Å². The van der Waals surface area contributed by atoms with Crippen LogP contribution in [0.1, 0.15) is 12.0 Å². The summed E-state index contributed by atoms with van der Waals surface area (Å²) in [6.07, 6.45) is 0.0530. The number of carbonyl (C=O) groups excluding carboxylic acids is 2. The Morgan fingerprint density at radius 2 is 1.43 bits per heavy atom. The van der Waals surface area contributed by atoms with Crippen molar-refractivity contribution in [3.8, 4) is 6.07 Å². The van der Waals surface area contributed by atoms with Gasteiger partial charge < -0.3 is 10.6 Å². The van der Waals surface area contributed by atoms with E-state index in [4.69, 9.17) is 16.9 Å². The Labute approximate surface area is 138 Å². The predicted octanol–water partition coefficient (Wildman–Crippen LogP) is 3.37. The first-order chi connectivity index (χ1) is 11.1. The second kappa shape index (κ2) is 7.97. The summed E-state index contributed by atoms with van der Waals surface area (Å²) in [5.74, 6) is -0.513. The van der Waals surface area contributed by atoms with Crippen molar-refractivity contribution >= 4 is 34.8 Å². The van der Waals surface area contributed by atoms with Crippen LogP contribution in [0.2, 0.25) is 5.02 Å². The lowest BCUT2D eigenvalue weighted by molar-refractivity contribution is -0.116. The van der Waals surface area contributed by atoms with E-state index in [9.17, 15) is 9.59 Å². The summed E-state index contributed by atoms with van der Waals surface area (Å²) in [7, 11) is 0. The lowest BCUT2D eigenvalue weighted by Crippen LogP contribution is -2.14. The summed E-state index contributed by atoms with van der Waals surface area (Å²) in [5.41, 5.74) is 2.07. The fourth-order valence-corrected chi connectivity index (χ4v) is 2.03. The second-order valence-electron chi connectivity index (χ2n) is 4.81. The van der Waals surface area contributed by atoms with E-state index in [1.165, 1.54) is 0 Å². The van der Waals surface area contributed by atoms with E-state index in [1.807, 2.05) is 0 Å². The molecule has 0 aliphatic carbocycles. The summed E-state index contributed by atoms with van der Waals surface area (Å²) in [4.78, 5) is 23.3. The lowest BCUT2D eigenvalue weighted by atomic mass is 10.1. The van der Waals surface area contributed by atoms with Crippen molar-refractivity contribution in [3.05, 3.63) is 59.1 Å². The molecule has 0 spiro atoms. The minimum absolute atomic E-state index is 0.145. The Balaban J connectivity index is 1.90. The van der Waals surface area contributed by atoms with Crippen LogP contribution >= 0.6 is 11.6 Å². The van der Waals surface area contributed by atoms with Crippen molar-refractivity contribution in [1.82, 2.24) is 0 Å². The lowest BCUT2D eigenvalue weighted by Gasteiger charge is -2.07. The highest BCUT2D eigenvalue weighted by Gasteiger charge is 2.05. The van der Waals surface area contributed by atoms with Gasteiger partial charge >= 0.3 is 0 Å². The largest absolute Gasteiger partial charge is 0.326 e. The molecule has 0 atom stereocenters. The molecule has 116 valence electrons. The van der Waals surface area contributed by atoms with Crippen LogP contribution in [0.5, 0.6) is 0 Å². The van der Waals surface area contributed by atoms with E-state index in [0.29, 0.717) is 16.4 Å². The first-order valence-electron chi connectivity index (χ1n) is 6.88. The number of nitriles is 1. The molecule has 0 aliphatic heterocycles. The average molecular weight is 328 g/mol. The van der Waals surface area contributed by atoms with Crippen LogP contribution < -0.4 is 10.6 Å². The summed E-state index contributed by atoms with van der Waals surface area (Å²) in [6.45, 7) is 0. The minimum atomic E-state index is -0.368. The van der Waals surface area contributed by atoms with E-state index in [2.05, 4.69) is 10.6 Å². The van der Waals surface area contributed by atoms with Crippen molar-refractivity contribution in [1.29, 1.82) is 5.26 Å². The monoisotopic (exact) mass is 327 g/mol. The highest BCUT2D eigenvalue weighted by Crippen LogP contribution is 2.15. The average Bonchev–Trinajstić information content (AvgIpc) is 2.52. The molecule has 0 radical (unpaired) electrons. The van der Waals surface area contributed by atoms with Gasteiger partial charge in [0.2, 0.25) is 11.8 Å². The van der Waals surface area contributed by atoms with Crippen LogP contribution in [-0.4, -0.2) is 11.8 Å². The first kappa shape index (κ1) is 16.5. The number of halogens is 1. The minimum Gasteiger partial charge on any atom is -0.326 e. The number of benzene rings is 2. The van der Waals surface area contributed by atoms with E-state index in [0.717, 1.165) is 5.56 Å². The summed E-state index contributed by atoms with van der Waals surface area (Å²) < 4.78 is 0. The summed E-state index contributed by atoms with van der Waals surface area (Å²) in [6, 6.07) is 15.5. The van der Waals surface area contributed by atoms with Gasteiger partial charge in [-0.15, -0.1) is 0 Å². The first-order valence-corrected chi connectivity index (χ1v) is 7.26. The number of carbonyl (C=O) groups is 2. The van der Waals surface area contributed by atoms with Gasteiger partial charge in [-0.3, -0.25) is 9.59 Å². The van der Waals surface area contributed by atoms with Crippen LogP contribution in [0.25, 0.3) is 0 Å². The second-order valence-corrected chi connectivity index (χ2v) is 5.25. The topological polar surface area (TPSA) is 82.0 Å². The van der Waals surface area contributed by atoms with Gasteiger partial charge in [0.05, 0.1) is 12.5 Å². The molecule has 0 saturated carbocycles. The standard InChI is InChI=1S/C17H14ClN3O2/c18-13-3-1-12(2-4-13)11-17(23)21-15-7-5-14(6-8-15)20-16(22)9-10-19/h1-8H,9,11H2,(H,20,22)(H,21,23). The molecule has 2 N–H and O–H groups in total. The highest BCUT2D eigenvalue weighted by atomic mass is 35.5. The smallest absolute Gasteiger partial charge is 0.238 e. The molecular weight excluding hydrogens is 314 g/mol. The highest BCUT2D eigenvalue weighted by molar-refractivity contribution is 6.30. The molecule has 0 fully saturated rings. The van der Waals surface area contributed by atoms with Crippen LogP contribution in [-0.2, 0) is 16.0 Å². The predicted molar refractivity (Wildman–Crippen MR) is 89.1 cm³/mol. The van der Waals surface area contributed by atoms with Crippen molar-refractivity contribution in [2.45, 2.75) is 12.8 Å². The molecular formula is C17H14ClN3O2. The Morgan fingerprint density at radius 1 is 0.913 bits per heavy atom. The zero-order chi connectivity index (χ0) is 16.7. The Bertz CT molecular complexity index is 734.